The van der Waals surface area contributed by atoms with Gasteiger partial charge in [-0.2, -0.15) is 0 Å². The molecule has 4 N–H and O–H groups in total. The average molecular weight is 179 g/mol. The van der Waals surface area contributed by atoms with Gasteiger partial charge >= 0.3 is 0 Å². The van der Waals surface area contributed by atoms with Crippen LogP contribution in [0.15, 0.2) is 0 Å². The third-order valence-electron chi connectivity index (χ3n) is 1.56. The van der Waals surface area contributed by atoms with Crippen molar-refractivity contribution in [1.82, 2.24) is 0 Å². The number of hydrogen-bond donors (Lipinski definition) is 3. The zero-order valence-electron chi connectivity index (χ0n) is 7.43. The Kier molecular flexibility index (Phi) is 6.23. The summed E-state index contributed by atoms with van der Waals surface area (Å²) in [6.07, 6.45) is -1.72. The van der Waals surface area contributed by atoms with Crippen LogP contribution in [0, 0.1) is 0 Å². The molecule has 74 valence electrons. The summed E-state index contributed by atoms with van der Waals surface area (Å²) < 4.78 is 9.34. The van der Waals surface area contributed by atoms with Gasteiger partial charge < -0.3 is 25.4 Å². The van der Waals surface area contributed by atoms with Crippen molar-refractivity contribution in [1.29, 1.82) is 0 Å². The fraction of sp³-hybridized carbons (Fsp3) is 1.00. The van der Waals surface area contributed by atoms with Crippen LogP contribution < -0.4 is 5.73 Å². The fourth-order valence-corrected chi connectivity index (χ4v) is 0.820. The Morgan fingerprint density at radius 3 is 1.67 bits per heavy atom. The van der Waals surface area contributed by atoms with Gasteiger partial charge in [-0.05, 0) is 0 Å². The molecule has 5 nitrogen and oxygen atoms in total. The van der Waals surface area contributed by atoms with E-state index in [1.807, 2.05) is 0 Å². The quantitative estimate of drug-likeness (QED) is 0.454. The Bertz CT molecular complexity index is 99.6. The highest BCUT2D eigenvalue weighted by Gasteiger charge is 2.22. The average Bonchev–Trinajstić information content (AvgIpc) is 2.04. The van der Waals surface area contributed by atoms with Gasteiger partial charge in [-0.25, -0.2) is 0 Å². The molecule has 0 heterocycles. The summed E-state index contributed by atoms with van der Waals surface area (Å²) in [5.74, 6) is 0. The number of rotatable bonds is 6. The molecule has 0 aliphatic carbocycles. The Morgan fingerprint density at radius 2 is 1.42 bits per heavy atom. The predicted molar refractivity (Wildman–Crippen MR) is 43.7 cm³/mol. The second-order valence-electron chi connectivity index (χ2n) is 2.62. The van der Waals surface area contributed by atoms with Crippen LogP contribution in [0.4, 0.5) is 0 Å². The topological polar surface area (TPSA) is 84.9 Å². The molecule has 0 aliphatic rings. The molecule has 0 radical (unpaired) electrons. The van der Waals surface area contributed by atoms with Crippen molar-refractivity contribution < 1.29 is 19.7 Å². The molecule has 0 saturated heterocycles. The van der Waals surface area contributed by atoms with Gasteiger partial charge in [0.2, 0.25) is 0 Å². The first-order valence-electron chi connectivity index (χ1n) is 3.73. The van der Waals surface area contributed by atoms with Crippen molar-refractivity contribution in [3.05, 3.63) is 0 Å². The third-order valence-corrected chi connectivity index (χ3v) is 1.56. The van der Waals surface area contributed by atoms with Crippen LogP contribution >= 0.6 is 0 Å². The first-order valence-corrected chi connectivity index (χ1v) is 3.73. The lowest BCUT2D eigenvalue weighted by molar-refractivity contribution is -0.0187. The molecule has 2 atom stereocenters. The van der Waals surface area contributed by atoms with E-state index in [-0.39, 0.29) is 13.2 Å². The smallest absolute Gasteiger partial charge is 0.0950 e. The van der Waals surface area contributed by atoms with E-state index in [9.17, 15) is 10.2 Å². The van der Waals surface area contributed by atoms with E-state index in [0.29, 0.717) is 0 Å². The van der Waals surface area contributed by atoms with Crippen molar-refractivity contribution in [2.45, 2.75) is 18.2 Å². The van der Waals surface area contributed by atoms with Crippen molar-refractivity contribution in [2.75, 3.05) is 27.4 Å². The summed E-state index contributed by atoms with van der Waals surface area (Å²) in [5.41, 5.74) is 5.47. The van der Waals surface area contributed by atoms with Crippen LogP contribution in [0.3, 0.4) is 0 Å². The molecule has 0 saturated carbocycles. The Balaban J connectivity index is 3.73. The predicted octanol–water partition coefficient (Wildman–Crippen LogP) is -1.67. The zero-order valence-corrected chi connectivity index (χ0v) is 7.43. The molecule has 0 rings (SSSR count). The summed E-state index contributed by atoms with van der Waals surface area (Å²) in [5, 5.41) is 18.5. The Hall–Kier alpha value is -0.200. The maximum Gasteiger partial charge on any atom is 0.0950 e. The van der Waals surface area contributed by atoms with Crippen LogP contribution in [0.5, 0.6) is 0 Å². The zero-order chi connectivity index (χ0) is 9.56. The normalized spacial score (nSPS) is 18.8. The van der Waals surface area contributed by atoms with Crippen LogP contribution in [-0.4, -0.2) is 55.9 Å². The van der Waals surface area contributed by atoms with Gasteiger partial charge in [0.1, 0.15) is 0 Å². The number of nitrogens with two attached hydrogens (primary N) is 1. The van der Waals surface area contributed by atoms with E-state index < -0.39 is 18.2 Å². The van der Waals surface area contributed by atoms with Gasteiger partial charge in [0, 0.05) is 14.2 Å². The van der Waals surface area contributed by atoms with Crippen molar-refractivity contribution in [3.8, 4) is 0 Å². The highest BCUT2D eigenvalue weighted by atomic mass is 16.5. The summed E-state index contributed by atoms with van der Waals surface area (Å²) >= 11 is 0. The maximum absolute atomic E-state index is 9.25. The van der Waals surface area contributed by atoms with Gasteiger partial charge in [-0.15, -0.1) is 0 Å². The first-order chi connectivity index (χ1) is 5.63. The molecule has 2 unspecified atom stereocenters. The summed E-state index contributed by atoms with van der Waals surface area (Å²) in [6.45, 7) is 0.226. The van der Waals surface area contributed by atoms with Gasteiger partial charge in [-0.1, -0.05) is 0 Å². The second-order valence-corrected chi connectivity index (χ2v) is 2.62. The van der Waals surface area contributed by atoms with Crippen LogP contribution in [0.2, 0.25) is 0 Å². The lowest BCUT2D eigenvalue weighted by Gasteiger charge is -2.22. The van der Waals surface area contributed by atoms with E-state index in [2.05, 4.69) is 9.47 Å². The molecule has 0 aliphatic heterocycles. The molecule has 0 aromatic rings. The Morgan fingerprint density at radius 1 is 1.08 bits per heavy atom. The minimum Gasteiger partial charge on any atom is -0.389 e. The summed E-state index contributed by atoms with van der Waals surface area (Å²) in [7, 11) is 2.91. The minimum atomic E-state index is -0.861. The number of ether oxygens (including phenoxy) is 2. The minimum absolute atomic E-state index is 0.113. The number of methoxy groups -OCH3 is 2. The number of aliphatic hydroxyl groups is 2. The van der Waals surface area contributed by atoms with E-state index in [4.69, 9.17) is 5.73 Å². The van der Waals surface area contributed by atoms with E-state index in [0.717, 1.165) is 0 Å². The molecule has 0 aromatic carbocycles. The van der Waals surface area contributed by atoms with Crippen LogP contribution in [0.1, 0.15) is 0 Å². The van der Waals surface area contributed by atoms with Crippen molar-refractivity contribution in [3.63, 3.8) is 0 Å². The highest BCUT2D eigenvalue weighted by Crippen LogP contribution is 1.98. The summed E-state index contributed by atoms with van der Waals surface area (Å²) in [6, 6.07) is -0.732. The number of aliphatic hydroxyl groups excluding tert-OH is 2. The lowest BCUT2D eigenvalue weighted by Crippen LogP contribution is -2.48. The monoisotopic (exact) mass is 179 g/mol. The SMILES string of the molecule is COCC(O)C(N)C(O)COC. The molecule has 0 spiro atoms. The highest BCUT2D eigenvalue weighted by molar-refractivity contribution is 4.78. The lowest BCUT2D eigenvalue weighted by atomic mass is 10.1. The van der Waals surface area contributed by atoms with E-state index in [1.54, 1.807) is 0 Å². The molecular weight excluding hydrogens is 162 g/mol. The largest absolute Gasteiger partial charge is 0.389 e. The molecule has 0 amide bonds. The van der Waals surface area contributed by atoms with Gasteiger partial charge in [0.05, 0.1) is 31.5 Å². The van der Waals surface area contributed by atoms with Crippen molar-refractivity contribution in [2.24, 2.45) is 5.73 Å². The summed E-state index contributed by atoms with van der Waals surface area (Å²) in [4.78, 5) is 0. The molecular formula is C7H17NO4. The molecule has 5 heteroatoms. The van der Waals surface area contributed by atoms with Crippen LogP contribution in [0.25, 0.3) is 0 Å². The number of hydrogen-bond acceptors (Lipinski definition) is 5. The second kappa shape index (κ2) is 6.33. The maximum atomic E-state index is 9.25. The third kappa shape index (κ3) is 3.99. The molecule has 0 fully saturated rings. The standard InChI is InChI=1S/C7H17NO4/c1-11-3-5(9)7(8)6(10)4-12-2/h5-7,9-10H,3-4,8H2,1-2H3. The Labute approximate surface area is 72.1 Å². The fourth-order valence-electron chi connectivity index (χ4n) is 0.820. The van der Waals surface area contributed by atoms with Gasteiger partial charge in [0.15, 0.2) is 0 Å². The van der Waals surface area contributed by atoms with E-state index >= 15 is 0 Å². The first kappa shape index (κ1) is 11.8. The molecule has 0 aromatic heterocycles. The van der Waals surface area contributed by atoms with Crippen molar-refractivity contribution >= 4 is 0 Å². The van der Waals surface area contributed by atoms with Gasteiger partial charge in [-0.3, -0.25) is 0 Å². The molecule has 0 bridgehead atoms. The van der Waals surface area contributed by atoms with E-state index in [1.165, 1.54) is 14.2 Å². The van der Waals surface area contributed by atoms with Crippen LogP contribution in [-0.2, 0) is 9.47 Å². The van der Waals surface area contributed by atoms with Gasteiger partial charge in [0.25, 0.3) is 0 Å². The molecule has 12 heavy (non-hydrogen) atoms.